The second kappa shape index (κ2) is 10.3. The van der Waals surface area contributed by atoms with Crippen LogP contribution in [0.15, 0.2) is 53.5 Å². The Morgan fingerprint density at radius 3 is 2.56 bits per heavy atom. The number of anilines is 1. The molecule has 144 valence electrons. The lowest BCUT2D eigenvalue weighted by Crippen LogP contribution is -2.36. The third-order valence-electron chi connectivity index (χ3n) is 4.70. The summed E-state index contributed by atoms with van der Waals surface area (Å²) in [6.45, 7) is 3.29. The van der Waals surface area contributed by atoms with Gasteiger partial charge in [0.2, 0.25) is 0 Å². The van der Waals surface area contributed by atoms with Gasteiger partial charge in [0, 0.05) is 24.2 Å². The highest BCUT2D eigenvalue weighted by molar-refractivity contribution is 8.93. The van der Waals surface area contributed by atoms with Crippen LogP contribution in [0.1, 0.15) is 36.5 Å². The van der Waals surface area contributed by atoms with Gasteiger partial charge >= 0.3 is 0 Å². The number of rotatable bonds is 4. The van der Waals surface area contributed by atoms with Crippen molar-refractivity contribution in [3.8, 4) is 0 Å². The number of aliphatic imine (C=N–C) groups is 1. The smallest absolute Gasteiger partial charge is 0.182 e. The lowest BCUT2D eigenvalue weighted by molar-refractivity contribution is 0.100. The van der Waals surface area contributed by atoms with E-state index in [1.165, 1.54) is 0 Å². The Bertz CT molecular complexity index is 811. The first-order valence-corrected chi connectivity index (χ1v) is 9.64. The minimum atomic E-state index is -0.00702. The van der Waals surface area contributed by atoms with Crippen LogP contribution in [0, 0.1) is 5.92 Å². The first-order chi connectivity index (χ1) is 12.5. The number of hydrogen-bond acceptors (Lipinski definition) is 3. The predicted molar refractivity (Wildman–Crippen MR) is 120 cm³/mol. The van der Waals surface area contributed by atoms with Gasteiger partial charge in [-0.3, -0.25) is 9.79 Å². The summed E-state index contributed by atoms with van der Waals surface area (Å²) in [4.78, 5) is 19.7. The molecule has 0 N–H and O–H groups in total. The number of benzene rings is 2. The molecule has 6 heteroatoms. The summed E-state index contributed by atoms with van der Waals surface area (Å²) in [5, 5.41) is 0.842. The fraction of sp³-hybridized carbons (Fsp3) is 0.333. The van der Waals surface area contributed by atoms with Crippen LogP contribution >= 0.6 is 40.2 Å². The van der Waals surface area contributed by atoms with Gasteiger partial charge in [-0.15, -0.1) is 17.0 Å². The van der Waals surface area contributed by atoms with Gasteiger partial charge in [0.25, 0.3) is 0 Å². The largest absolute Gasteiger partial charge is 0.322 e. The lowest BCUT2D eigenvalue weighted by Gasteiger charge is -2.26. The van der Waals surface area contributed by atoms with Crippen molar-refractivity contribution in [1.29, 1.82) is 0 Å². The zero-order chi connectivity index (χ0) is 18.5. The second-order valence-electron chi connectivity index (χ2n) is 6.70. The van der Waals surface area contributed by atoms with Gasteiger partial charge in [-0.05, 0) is 49.1 Å². The molecule has 1 atom stereocenters. The fourth-order valence-electron chi connectivity index (χ4n) is 3.08. The number of Topliss-reactive ketones (excluding diaryl/α,β-unsaturated/α-hetero) is 1. The predicted octanol–water partition coefficient (Wildman–Crippen LogP) is 6.48. The Morgan fingerprint density at radius 1 is 1.11 bits per heavy atom. The molecule has 1 heterocycles. The number of carbonyl (C=O) groups is 1. The van der Waals surface area contributed by atoms with E-state index in [4.69, 9.17) is 28.2 Å². The third kappa shape index (κ3) is 5.81. The van der Waals surface area contributed by atoms with Crippen molar-refractivity contribution in [2.24, 2.45) is 10.9 Å². The van der Waals surface area contributed by atoms with Crippen LogP contribution < -0.4 is 4.90 Å². The molecule has 2 aromatic carbocycles. The van der Waals surface area contributed by atoms with Gasteiger partial charge in [0.1, 0.15) is 5.84 Å². The van der Waals surface area contributed by atoms with Gasteiger partial charge in [-0.2, -0.15) is 0 Å². The zero-order valence-corrected chi connectivity index (χ0v) is 18.4. The first kappa shape index (κ1) is 21.9. The van der Waals surface area contributed by atoms with E-state index in [1.54, 1.807) is 18.2 Å². The summed E-state index contributed by atoms with van der Waals surface area (Å²) in [6, 6.07) is 15.0. The van der Waals surface area contributed by atoms with Gasteiger partial charge in [-0.25, -0.2) is 0 Å². The van der Waals surface area contributed by atoms with Gasteiger partial charge in [0.05, 0.1) is 16.6 Å². The number of nitrogens with zero attached hydrogens (tertiary/aromatic N) is 2. The molecule has 0 fully saturated rings. The van der Waals surface area contributed by atoms with Crippen molar-refractivity contribution in [2.75, 3.05) is 18.0 Å². The molecule has 1 unspecified atom stereocenters. The van der Waals surface area contributed by atoms with Crippen molar-refractivity contribution in [2.45, 2.75) is 26.2 Å². The van der Waals surface area contributed by atoms with Crippen LogP contribution in [0.5, 0.6) is 0 Å². The average molecular weight is 470 g/mol. The highest BCUT2D eigenvalue weighted by Crippen LogP contribution is 2.25. The molecule has 3 rings (SSSR count). The maximum atomic E-state index is 12.9. The summed E-state index contributed by atoms with van der Waals surface area (Å²) in [5.41, 5.74) is 1.54. The SMILES string of the molecule is Br.CC1CCN=C(N(CC(=O)c2ccc(Cl)c(Cl)c2)c2ccccc2)CC1. The van der Waals surface area contributed by atoms with E-state index in [2.05, 4.69) is 6.92 Å². The highest BCUT2D eigenvalue weighted by atomic mass is 79.9. The van der Waals surface area contributed by atoms with Crippen molar-refractivity contribution in [3.05, 3.63) is 64.1 Å². The molecular weight excluding hydrogens is 447 g/mol. The van der Waals surface area contributed by atoms with E-state index in [0.29, 0.717) is 21.5 Å². The Hall–Kier alpha value is -1.36. The van der Waals surface area contributed by atoms with Crippen LogP contribution in [0.3, 0.4) is 0 Å². The standard InChI is InChI=1S/C21H22Cl2N2O.BrH/c1-15-7-10-21(24-12-11-15)25(17-5-3-2-4-6-17)14-20(26)16-8-9-18(22)19(23)13-16;/h2-6,8-9,13,15H,7,10-12,14H2,1H3;1H. The normalized spacial score (nSPS) is 16.7. The molecular formula is C21H23BrCl2N2O. The number of carbonyl (C=O) groups excluding carboxylic acids is 1. The average Bonchev–Trinajstić information content (AvgIpc) is 2.87. The summed E-state index contributed by atoms with van der Waals surface area (Å²) >= 11 is 12.0. The molecule has 27 heavy (non-hydrogen) atoms. The Kier molecular flexibility index (Phi) is 8.33. The quantitative estimate of drug-likeness (QED) is 0.480. The van der Waals surface area contributed by atoms with Crippen molar-refractivity contribution < 1.29 is 4.79 Å². The molecule has 0 saturated carbocycles. The first-order valence-electron chi connectivity index (χ1n) is 8.89. The molecule has 0 amide bonds. The summed E-state index contributed by atoms with van der Waals surface area (Å²) in [5.74, 6) is 1.63. The maximum absolute atomic E-state index is 12.9. The lowest BCUT2D eigenvalue weighted by atomic mass is 10.0. The maximum Gasteiger partial charge on any atom is 0.182 e. The summed E-state index contributed by atoms with van der Waals surface area (Å²) in [7, 11) is 0. The highest BCUT2D eigenvalue weighted by Gasteiger charge is 2.21. The molecule has 1 aliphatic heterocycles. The van der Waals surface area contributed by atoms with Crippen molar-refractivity contribution in [3.63, 3.8) is 0 Å². The van der Waals surface area contributed by atoms with Crippen molar-refractivity contribution in [1.82, 2.24) is 0 Å². The van der Waals surface area contributed by atoms with Crippen LogP contribution in [-0.4, -0.2) is 24.7 Å². The molecule has 0 spiro atoms. The molecule has 2 aromatic rings. The fourth-order valence-corrected chi connectivity index (χ4v) is 3.38. The molecule has 0 bridgehead atoms. The van der Waals surface area contributed by atoms with Crippen LogP contribution in [0.2, 0.25) is 10.0 Å². The van der Waals surface area contributed by atoms with Gasteiger partial charge in [0.15, 0.2) is 5.78 Å². The van der Waals surface area contributed by atoms with E-state index < -0.39 is 0 Å². The summed E-state index contributed by atoms with van der Waals surface area (Å²) in [6.07, 6.45) is 3.06. The molecule has 1 aliphatic rings. The Balaban J connectivity index is 0.00000261. The number of hydrogen-bond donors (Lipinski definition) is 0. The zero-order valence-electron chi connectivity index (χ0n) is 15.2. The Labute approximate surface area is 181 Å². The third-order valence-corrected chi connectivity index (χ3v) is 5.44. The minimum Gasteiger partial charge on any atom is -0.322 e. The molecule has 3 nitrogen and oxygen atoms in total. The number of para-hydroxylation sites is 1. The van der Waals surface area contributed by atoms with Gasteiger partial charge < -0.3 is 4.90 Å². The van der Waals surface area contributed by atoms with E-state index in [9.17, 15) is 4.79 Å². The topological polar surface area (TPSA) is 32.7 Å². The van der Waals surface area contributed by atoms with E-state index in [1.807, 2.05) is 35.2 Å². The molecule has 0 aliphatic carbocycles. The second-order valence-corrected chi connectivity index (χ2v) is 7.52. The monoisotopic (exact) mass is 468 g/mol. The molecule has 0 radical (unpaired) electrons. The van der Waals surface area contributed by atoms with Crippen LogP contribution in [-0.2, 0) is 0 Å². The van der Waals surface area contributed by atoms with Crippen LogP contribution in [0.25, 0.3) is 0 Å². The number of halogens is 3. The number of ketones is 1. The summed E-state index contributed by atoms with van der Waals surface area (Å²) < 4.78 is 0. The molecule has 0 saturated heterocycles. The van der Waals surface area contributed by atoms with E-state index >= 15 is 0 Å². The van der Waals surface area contributed by atoms with Crippen molar-refractivity contribution >= 4 is 57.5 Å². The van der Waals surface area contributed by atoms with E-state index in [-0.39, 0.29) is 29.3 Å². The minimum absolute atomic E-state index is 0. The van der Waals surface area contributed by atoms with Crippen LogP contribution in [0.4, 0.5) is 5.69 Å². The number of amidine groups is 1. The Morgan fingerprint density at radius 2 is 1.85 bits per heavy atom. The molecule has 0 aromatic heterocycles. The van der Waals surface area contributed by atoms with Gasteiger partial charge in [-0.1, -0.05) is 48.3 Å². The van der Waals surface area contributed by atoms with E-state index in [0.717, 1.165) is 37.3 Å².